The lowest BCUT2D eigenvalue weighted by Crippen LogP contribution is -2.32. The summed E-state index contributed by atoms with van der Waals surface area (Å²) in [5.74, 6) is -0.723. The summed E-state index contributed by atoms with van der Waals surface area (Å²) < 4.78 is 16.1. The highest BCUT2D eigenvalue weighted by Gasteiger charge is 2.10. The van der Waals surface area contributed by atoms with Gasteiger partial charge in [0.25, 0.3) is 11.5 Å². The molecule has 3 rings (SSSR count). The maximum absolute atomic E-state index is 13.5. The number of amides is 1. The molecule has 2 heterocycles. The van der Waals surface area contributed by atoms with Gasteiger partial charge in [0, 0.05) is 12.6 Å². The number of hydrogen-bond donors (Lipinski definition) is 1. The molecule has 0 saturated carbocycles. The van der Waals surface area contributed by atoms with Crippen LogP contribution in [0.5, 0.6) is 0 Å². The van der Waals surface area contributed by atoms with Gasteiger partial charge in [0.1, 0.15) is 18.5 Å². The number of nitrogens with one attached hydrogen (secondary N) is 1. The lowest BCUT2D eigenvalue weighted by Gasteiger charge is -2.08. The van der Waals surface area contributed by atoms with Crippen LogP contribution in [0.15, 0.2) is 53.8 Å². The van der Waals surface area contributed by atoms with Crippen molar-refractivity contribution in [2.45, 2.75) is 6.54 Å². The number of halogens is 1. The molecule has 0 aliphatic rings. The molecule has 1 aromatic carbocycles. The minimum absolute atomic E-state index is 0.0471. The molecule has 3 aromatic rings. The molecule has 9 heteroatoms. The molecule has 0 saturated heterocycles. The highest BCUT2D eigenvalue weighted by atomic mass is 19.1. The third-order valence-corrected chi connectivity index (χ3v) is 3.23. The van der Waals surface area contributed by atoms with Crippen LogP contribution < -0.4 is 10.9 Å². The van der Waals surface area contributed by atoms with Crippen LogP contribution in [0.25, 0.3) is 5.82 Å². The number of nitrogens with zero attached hydrogens (tertiary/aromatic N) is 5. The Balaban J connectivity index is 1.67. The predicted octanol–water partition coefficient (Wildman–Crippen LogP) is 0.393. The van der Waals surface area contributed by atoms with Crippen LogP contribution in [0, 0.1) is 5.82 Å². The van der Waals surface area contributed by atoms with E-state index in [0.717, 1.165) is 0 Å². The van der Waals surface area contributed by atoms with Gasteiger partial charge in [-0.15, -0.1) is 5.10 Å². The normalized spacial score (nSPS) is 10.5. The molecule has 24 heavy (non-hydrogen) atoms. The van der Waals surface area contributed by atoms with Crippen molar-refractivity contribution < 1.29 is 9.18 Å². The molecular formula is C15H13FN6O2. The van der Waals surface area contributed by atoms with E-state index in [-0.39, 0.29) is 24.2 Å². The van der Waals surface area contributed by atoms with Crippen molar-refractivity contribution >= 4 is 5.91 Å². The highest BCUT2D eigenvalue weighted by Crippen LogP contribution is 2.05. The van der Waals surface area contributed by atoms with Gasteiger partial charge in [0.05, 0.1) is 12.1 Å². The number of hydrogen-bond acceptors (Lipinski definition) is 5. The summed E-state index contributed by atoms with van der Waals surface area (Å²) in [4.78, 5) is 27.5. The van der Waals surface area contributed by atoms with Gasteiger partial charge >= 0.3 is 0 Å². The zero-order valence-electron chi connectivity index (χ0n) is 12.5. The van der Waals surface area contributed by atoms with Crippen LogP contribution >= 0.6 is 0 Å². The van der Waals surface area contributed by atoms with Crippen molar-refractivity contribution in [3.8, 4) is 5.82 Å². The molecule has 122 valence electrons. The Morgan fingerprint density at radius 3 is 2.79 bits per heavy atom. The fourth-order valence-corrected chi connectivity index (χ4v) is 2.06. The van der Waals surface area contributed by atoms with E-state index >= 15 is 0 Å². The monoisotopic (exact) mass is 328 g/mol. The zero-order chi connectivity index (χ0) is 16.9. The Morgan fingerprint density at radius 1 is 1.21 bits per heavy atom. The van der Waals surface area contributed by atoms with E-state index in [1.54, 1.807) is 6.07 Å². The maximum atomic E-state index is 13.5. The Kier molecular flexibility index (Phi) is 4.41. The second kappa shape index (κ2) is 6.82. The standard InChI is InChI=1S/C15H13FN6O2/c16-12-4-2-1-3-11(12)15(24)18-7-8-21-14(23)6-5-13(20-21)22-10-17-9-19-22/h1-6,9-10H,7-8H2,(H,18,24). The van der Waals surface area contributed by atoms with Crippen molar-refractivity contribution in [2.24, 2.45) is 0 Å². The Morgan fingerprint density at radius 2 is 2.04 bits per heavy atom. The van der Waals surface area contributed by atoms with Gasteiger partial charge in [-0.1, -0.05) is 12.1 Å². The van der Waals surface area contributed by atoms with E-state index < -0.39 is 11.7 Å². The van der Waals surface area contributed by atoms with Crippen LogP contribution in [0.3, 0.4) is 0 Å². The van der Waals surface area contributed by atoms with Crippen molar-refractivity contribution in [2.75, 3.05) is 6.54 Å². The summed E-state index contributed by atoms with van der Waals surface area (Å²) >= 11 is 0. The molecule has 0 bridgehead atoms. The number of benzene rings is 1. The minimum Gasteiger partial charge on any atom is -0.350 e. The van der Waals surface area contributed by atoms with E-state index in [4.69, 9.17) is 0 Å². The van der Waals surface area contributed by atoms with Gasteiger partial charge in [0.15, 0.2) is 5.82 Å². The molecule has 0 radical (unpaired) electrons. The molecule has 0 unspecified atom stereocenters. The molecule has 0 fully saturated rings. The quantitative estimate of drug-likeness (QED) is 0.731. The summed E-state index contributed by atoms with van der Waals surface area (Å²) in [6, 6.07) is 8.55. The predicted molar refractivity (Wildman–Crippen MR) is 82.1 cm³/mol. The topological polar surface area (TPSA) is 94.7 Å². The maximum Gasteiger partial charge on any atom is 0.266 e. The Hall–Kier alpha value is -3.36. The van der Waals surface area contributed by atoms with Crippen LogP contribution in [-0.2, 0) is 6.54 Å². The van der Waals surface area contributed by atoms with Crippen molar-refractivity contribution in [1.82, 2.24) is 29.9 Å². The first-order valence-electron chi connectivity index (χ1n) is 7.11. The van der Waals surface area contributed by atoms with Gasteiger partial charge in [-0.3, -0.25) is 9.59 Å². The van der Waals surface area contributed by atoms with Crippen LogP contribution in [0.1, 0.15) is 10.4 Å². The lowest BCUT2D eigenvalue weighted by atomic mass is 10.2. The molecule has 0 aliphatic heterocycles. The van der Waals surface area contributed by atoms with E-state index in [2.05, 4.69) is 20.5 Å². The Bertz CT molecular complexity index is 906. The largest absolute Gasteiger partial charge is 0.350 e. The summed E-state index contributed by atoms with van der Waals surface area (Å²) in [5.41, 5.74) is -0.367. The third kappa shape index (κ3) is 3.35. The minimum atomic E-state index is -0.599. The van der Waals surface area contributed by atoms with Gasteiger partial charge in [-0.25, -0.2) is 18.7 Å². The summed E-state index contributed by atoms with van der Waals surface area (Å²) in [5, 5.41) is 10.6. The molecule has 2 aromatic heterocycles. The number of carbonyl (C=O) groups excluding carboxylic acids is 1. The van der Waals surface area contributed by atoms with Crippen molar-refractivity contribution in [3.63, 3.8) is 0 Å². The lowest BCUT2D eigenvalue weighted by molar-refractivity contribution is 0.0947. The SMILES string of the molecule is O=C(NCCn1nc(-n2cncn2)ccc1=O)c1ccccc1F. The Labute approximate surface area is 135 Å². The molecule has 0 atom stereocenters. The average molecular weight is 328 g/mol. The second-order valence-corrected chi connectivity index (χ2v) is 4.83. The fourth-order valence-electron chi connectivity index (χ4n) is 2.06. The van der Waals surface area contributed by atoms with Gasteiger partial charge in [-0.05, 0) is 18.2 Å². The van der Waals surface area contributed by atoms with Gasteiger partial charge in [0.2, 0.25) is 0 Å². The fraction of sp³-hybridized carbons (Fsp3) is 0.133. The van der Waals surface area contributed by atoms with E-state index in [9.17, 15) is 14.0 Å². The smallest absolute Gasteiger partial charge is 0.266 e. The average Bonchev–Trinajstić information content (AvgIpc) is 3.11. The zero-order valence-corrected chi connectivity index (χ0v) is 12.5. The molecule has 8 nitrogen and oxygen atoms in total. The van der Waals surface area contributed by atoms with Gasteiger partial charge in [-0.2, -0.15) is 5.10 Å². The molecule has 1 amide bonds. The van der Waals surface area contributed by atoms with Crippen LogP contribution in [0.2, 0.25) is 0 Å². The first-order valence-corrected chi connectivity index (χ1v) is 7.11. The molecule has 0 spiro atoms. The third-order valence-electron chi connectivity index (χ3n) is 3.23. The van der Waals surface area contributed by atoms with E-state index in [0.29, 0.717) is 5.82 Å². The van der Waals surface area contributed by atoms with E-state index in [1.807, 2.05) is 0 Å². The summed E-state index contributed by atoms with van der Waals surface area (Å²) in [7, 11) is 0. The molecule has 1 N–H and O–H groups in total. The molecule has 0 aliphatic carbocycles. The van der Waals surface area contributed by atoms with Crippen LogP contribution in [0.4, 0.5) is 4.39 Å². The van der Waals surface area contributed by atoms with Crippen molar-refractivity contribution in [1.29, 1.82) is 0 Å². The number of carbonyl (C=O) groups is 1. The van der Waals surface area contributed by atoms with E-state index in [1.165, 1.54) is 52.4 Å². The highest BCUT2D eigenvalue weighted by molar-refractivity contribution is 5.94. The second-order valence-electron chi connectivity index (χ2n) is 4.83. The first kappa shape index (κ1) is 15.5. The summed E-state index contributed by atoms with van der Waals surface area (Å²) in [6.45, 7) is 0.266. The number of rotatable bonds is 5. The van der Waals surface area contributed by atoms with Crippen LogP contribution in [-0.4, -0.2) is 37.0 Å². The number of aromatic nitrogens is 5. The summed E-state index contributed by atoms with van der Waals surface area (Å²) in [6.07, 6.45) is 2.81. The first-order chi connectivity index (χ1) is 11.6. The van der Waals surface area contributed by atoms with Crippen molar-refractivity contribution in [3.05, 3.63) is 70.8 Å². The van der Waals surface area contributed by atoms with Gasteiger partial charge < -0.3 is 5.32 Å². The molecular weight excluding hydrogens is 315 g/mol.